The Labute approximate surface area is 147 Å². The standard InChI is InChI=1S/C15H14Cl2N2O3S/c1-15(14(21)22,9-2-3-10(16)11(17)8-9)19-12(20)4-5-13-18-6-7-23-13/h2-3,6-8H,4-5H2,1H3,(H,19,20)(H,21,22). The minimum Gasteiger partial charge on any atom is -0.479 e. The molecule has 2 N–H and O–H groups in total. The Hall–Kier alpha value is -1.63. The monoisotopic (exact) mass is 372 g/mol. The molecular formula is C15H14Cl2N2O3S. The fourth-order valence-electron chi connectivity index (χ4n) is 1.99. The zero-order valence-electron chi connectivity index (χ0n) is 12.2. The normalized spacial score (nSPS) is 13.3. The maximum Gasteiger partial charge on any atom is 0.333 e. The van der Waals surface area contributed by atoms with Gasteiger partial charge in [0.15, 0.2) is 5.54 Å². The third-order valence-corrected chi connectivity index (χ3v) is 4.94. The fourth-order valence-corrected chi connectivity index (χ4v) is 2.91. The van der Waals surface area contributed by atoms with Crippen molar-refractivity contribution in [3.05, 3.63) is 50.4 Å². The number of amides is 1. The Morgan fingerprint density at radius 3 is 2.65 bits per heavy atom. The van der Waals surface area contributed by atoms with Gasteiger partial charge < -0.3 is 10.4 Å². The molecule has 0 aliphatic heterocycles. The molecule has 1 heterocycles. The van der Waals surface area contributed by atoms with Crippen LogP contribution in [0, 0.1) is 0 Å². The first-order valence-electron chi connectivity index (χ1n) is 6.71. The molecule has 2 rings (SSSR count). The topological polar surface area (TPSA) is 79.3 Å². The van der Waals surface area contributed by atoms with E-state index in [2.05, 4.69) is 10.3 Å². The SMILES string of the molecule is CC(NC(=O)CCc1nccs1)(C(=O)O)c1ccc(Cl)c(Cl)c1. The van der Waals surface area contributed by atoms with Gasteiger partial charge in [-0.05, 0) is 24.6 Å². The molecule has 0 saturated heterocycles. The number of benzene rings is 1. The summed E-state index contributed by atoms with van der Waals surface area (Å²) in [7, 11) is 0. The van der Waals surface area contributed by atoms with E-state index in [1.54, 1.807) is 6.20 Å². The summed E-state index contributed by atoms with van der Waals surface area (Å²) < 4.78 is 0. The van der Waals surface area contributed by atoms with Crippen LogP contribution in [-0.4, -0.2) is 22.0 Å². The van der Waals surface area contributed by atoms with Crippen LogP contribution < -0.4 is 5.32 Å². The molecule has 1 amide bonds. The van der Waals surface area contributed by atoms with E-state index in [9.17, 15) is 14.7 Å². The molecule has 8 heteroatoms. The molecule has 5 nitrogen and oxygen atoms in total. The number of carboxylic acids is 1. The van der Waals surface area contributed by atoms with E-state index in [1.165, 1.54) is 36.5 Å². The van der Waals surface area contributed by atoms with Gasteiger partial charge in [-0.3, -0.25) is 4.79 Å². The lowest BCUT2D eigenvalue weighted by Gasteiger charge is -2.27. The van der Waals surface area contributed by atoms with Gasteiger partial charge in [-0.15, -0.1) is 11.3 Å². The Morgan fingerprint density at radius 1 is 1.35 bits per heavy atom. The lowest BCUT2D eigenvalue weighted by molar-refractivity contribution is -0.147. The molecule has 0 spiro atoms. The molecule has 0 saturated carbocycles. The van der Waals surface area contributed by atoms with Gasteiger partial charge in [0.25, 0.3) is 0 Å². The molecule has 122 valence electrons. The number of aromatic nitrogens is 1. The second-order valence-electron chi connectivity index (χ2n) is 5.03. The quantitative estimate of drug-likeness (QED) is 0.812. The lowest BCUT2D eigenvalue weighted by atomic mass is 9.91. The molecule has 1 aromatic heterocycles. The van der Waals surface area contributed by atoms with Crippen LogP contribution in [0.2, 0.25) is 10.0 Å². The molecule has 0 radical (unpaired) electrons. The van der Waals surface area contributed by atoms with Gasteiger partial charge in [0.2, 0.25) is 5.91 Å². The third kappa shape index (κ3) is 4.22. The van der Waals surface area contributed by atoms with Crippen molar-refractivity contribution in [1.82, 2.24) is 10.3 Å². The largest absolute Gasteiger partial charge is 0.479 e. The van der Waals surface area contributed by atoms with E-state index in [0.717, 1.165) is 5.01 Å². The van der Waals surface area contributed by atoms with E-state index in [1.807, 2.05) is 5.38 Å². The number of aryl methyl sites for hydroxylation is 1. The number of nitrogens with one attached hydrogen (secondary N) is 1. The summed E-state index contributed by atoms with van der Waals surface area (Å²) in [6, 6.07) is 4.48. The van der Waals surface area contributed by atoms with E-state index in [0.29, 0.717) is 17.0 Å². The minimum absolute atomic E-state index is 0.151. The number of rotatable bonds is 6. The molecule has 1 unspecified atom stereocenters. The van der Waals surface area contributed by atoms with Gasteiger partial charge in [-0.1, -0.05) is 29.3 Å². The Balaban J connectivity index is 2.14. The highest BCUT2D eigenvalue weighted by Gasteiger charge is 2.37. The zero-order chi connectivity index (χ0) is 17.0. The summed E-state index contributed by atoms with van der Waals surface area (Å²) in [5, 5.41) is 15.3. The number of hydrogen-bond acceptors (Lipinski definition) is 4. The smallest absolute Gasteiger partial charge is 0.333 e. The van der Waals surface area contributed by atoms with Gasteiger partial charge in [-0.25, -0.2) is 9.78 Å². The van der Waals surface area contributed by atoms with Crippen LogP contribution in [0.25, 0.3) is 0 Å². The van der Waals surface area contributed by atoms with Gasteiger partial charge in [0.05, 0.1) is 15.1 Å². The Morgan fingerprint density at radius 2 is 2.09 bits per heavy atom. The van der Waals surface area contributed by atoms with Crippen molar-refractivity contribution < 1.29 is 14.7 Å². The summed E-state index contributed by atoms with van der Waals surface area (Å²) in [5.41, 5.74) is -1.24. The highest BCUT2D eigenvalue weighted by atomic mass is 35.5. The van der Waals surface area contributed by atoms with Crippen LogP contribution in [0.5, 0.6) is 0 Å². The molecular weight excluding hydrogens is 359 g/mol. The average Bonchev–Trinajstić information content (AvgIpc) is 3.01. The van der Waals surface area contributed by atoms with E-state index in [-0.39, 0.29) is 17.4 Å². The van der Waals surface area contributed by atoms with Crippen LogP contribution in [0.4, 0.5) is 0 Å². The van der Waals surface area contributed by atoms with Crippen molar-refractivity contribution in [3.63, 3.8) is 0 Å². The molecule has 23 heavy (non-hydrogen) atoms. The van der Waals surface area contributed by atoms with E-state index < -0.39 is 11.5 Å². The maximum atomic E-state index is 12.1. The number of thiazole rings is 1. The fraction of sp³-hybridized carbons (Fsp3) is 0.267. The summed E-state index contributed by atoms with van der Waals surface area (Å²) in [4.78, 5) is 27.9. The van der Waals surface area contributed by atoms with Gasteiger partial charge in [0.1, 0.15) is 0 Å². The number of carboxylic acid groups (broad SMARTS) is 1. The predicted molar refractivity (Wildman–Crippen MR) is 90.0 cm³/mol. The number of aliphatic carboxylic acids is 1. The van der Waals surface area contributed by atoms with Crippen LogP contribution in [-0.2, 0) is 21.5 Å². The molecule has 0 fully saturated rings. The number of nitrogens with zero attached hydrogens (tertiary/aromatic N) is 1. The average molecular weight is 373 g/mol. The number of carbonyl (C=O) groups excluding carboxylic acids is 1. The third-order valence-electron chi connectivity index (χ3n) is 3.36. The van der Waals surface area contributed by atoms with E-state index >= 15 is 0 Å². The Kier molecular flexibility index (Phi) is 5.62. The highest BCUT2D eigenvalue weighted by Crippen LogP contribution is 2.29. The maximum absolute atomic E-state index is 12.1. The van der Waals surface area contributed by atoms with Crippen LogP contribution in [0.1, 0.15) is 23.9 Å². The molecule has 0 aliphatic carbocycles. The van der Waals surface area contributed by atoms with E-state index in [4.69, 9.17) is 23.2 Å². The first kappa shape index (κ1) is 17.7. The molecule has 0 bridgehead atoms. The van der Waals surface area contributed by atoms with Crippen molar-refractivity contribution in [2.24, 2.45) is 0 Å². The summed E-state index contributed by atoms with van der Waals surface area (Å²) in [5.74, 6) is -1.56. The highest BCUT2D eigenvalue weighted by molar-refractivity contribution is 7.09. The molecule has 2 aromatic rings. The first-order chi connectivity index (χ1) is 10.8. The number of hydrogen-bond donors (Lipinski definition) is 2. The first-order valence-corrected chi connectivity index (χ1v) is 8.35. The molecule has 0 aliphatic rings. The molecule has 1 atom stereocenters. The van der Waals surface area contributed by atoms with Gasteiger partial charge >= 0.3 is 5.97 Å². The zero-order valence-corrected chi connectivity index (χ0v) is 14.5. The van der Waals surface area contributed by atoms with Crippen molar-refractivity contribution in [2.45, 2.75) is 25.3 Å². The lowest BCUT2D eigenvalue weighted by Crippen LogP contribution is -2.49. The van der Waals surface area contributed by atoms with Gasteiger partial charge in [0, 0.05) is 24.4 Å². The van der Waals surface area contributed by atoms with Crippen LogP contribution in [0.15, 0.2) is 29.8 Å². The van der Waals surface area contributed by atoms with Gasteiger partial charge in [-0.2, -0.15) is 0 Å². The van der Waals surface area contributed by atoms with Crippen molar-refractivity contribution in [1.29, 1.82) is 0 Å². The Bertz CT molecular complexity index is 722. The van der Waals surface area contributed by atoms with Crippen LogP contribution >= 0.6 is 34.5 Å². The minimum atomic E-state index is -1.59. The predicted octanol–water partition coefficient (Wildman–Crippen LogP) is 3.50. The number of halogens is 2. The summed E-state index contributed by atoms with van der Waals surface area (Å²) >= 11 is 13.2. The number of carbonyl (C=O) groups is 2. The van der Waals surface area contributed by atoms with Crippen LogP contribution in [0.3, 0.4) is 0 Å². The van der Waals surface area contributed by atoms with Crippen molar-refractivity contribution in [3.8, 4) is 0 Å². The molecule has 1 aromatic carbocycles. The second-order valence-corrected chi connectivity index (χ2v) is 6.83. The second kappa shape index (κ2) is 7.29. The summed E-state index contributed by atoms with van der Waals surface area (Å²) in [6.07, 6.45) is 2.27. The van der Waals surface area contributed by atoms with Crippen molar-refractivity contribution in [2.75, 3.05) is 0 Å². The van der Waals surface area contributed by atoms with Crippen molar-refractivity contribution >= 4 is 46.4 Å². The summed E-state index contributed by atoms with van der Waals surface area (Å²) in [6.45, 7) is 1.41.